The highest BCUT2D eigenvalue weighted by Crippen LogP contribution is 2.24. The quantitative estimate of drug-likeness (QED) is 0.697. The summed E-state index contributed by atoms with van der Waals surface area (Å²) in [4.78, 5) is 11.5. The molecule has 0 bridgehead atoms. The van der Waals surface area contributed by atoms with Gasteiger partial charge in [0.2, 0.25) is 5.91 Å². The largest absolute Gasteiger partial charge is 0.352 e. The van der Waals surface area contributed by atoms with Crippen molar-refractivity contribution in [3.8, 4) is 0 Å². The number of amides is 1. The SMILES string of the molecule is CCS(=O)(=O)CC(=O)NC1CCCC1CN. The van der Waals surface area contributed by atoms with Crippen molar-refractivity contribution in [3.05, 3.63) is 0 Å². The molecule has 1 saturated carbocycles. The second kappa shape index (κ2) is 5.63. The van der Waals surface area contributed by atoms with Crippen molar-refractivity contribution in [2.45, 2.75) is 32.2 Å². The van der Waals surface area contributed by atoms with E-state index >= 15 is 0 Å². The molecule has 0 aromatic carbocycles. The summed E-state index contributed by atoms with van der Waals surface area (Å²) < 4.78 is 22.5. The van der Waals surface area contributed by atoms with Gasteiger partial charge in [0.1, 0.15) is 5.75 Å². The zero-order chi connectivity index (χ0) is 12.2. The minimum absolute atomic E-state index is 0.00536. The smallest absolute Gasteiger partial charge is 0.235 e. The van der Waals surface area contributed by atoms with Gasteiger partial charge in [-0.2, -0.15) is 0 Å². The van der Waals surface area contributed by atoms with E-state index in [0.29, 0.717) is 12.5 Å². The van der Waals surface area contributed by atoms with Crippen molar-refractivity contribution in [1.82, 2.24) is 5.32 Å². The van der Waals surface area contributed by atoms with Crippen molar-refractivity contribution in [2.75, 3.05) is 18.1 Å². The molecule has 16 heavy (non-hydrogen) atoms. The molecule has 94 valence electrons. The minimum atomic E-state index is -3.23. The molecule has 2 unspecified atom stereocenters. The van der Waals surface area contributed by atoms with Crippen LogP contribution in [0.3, 0.4) is 0 Å². The first-order valence-electron chi connectivity index (χ1n) is 5.68. The van der Waals surface area contributed by atoms with Crippen LogP contribution in [0.4, 0.5) is 0 Å². The van der Waals surface area contributed by atoms with Gasteiger partial charge in [-0.15, -0.1) is 0 Å². The van der Waals surface area contributed by atoms with Crippen LogP contribution in [0.2, 0.25) is 0 Å². The van der Waals surface area contributed by atoms with Gasteiger partial charge in [0, 0.05) is 11.8 Å². The third kappa shape index (κ3) is 3.75. The molecule has 0 radical (unpaired) electrons. The van der Waals surface area contributed by atoms with Crippen LogP contribution in [0.15, 0.2) is 0 Å². The molecule has 0 aromatic heterocycles. The molecule has 1 rings (SSSR count). The average molecular weight is 248 g/mol. The van der Waals surface area contributed by atoms with Crippen molar-refractivity contribution < 1.29 is 13.2 Å². The third-order valence-corrected chi connectivity index (χ3v) is 4.68. The van der Waals surface area contributed by atoms with E-state index < -0.39 is 21.5 Å². The van der Waals surface area contributed by atoms with Crippen LogP contribution in [-0.4, -0.2) is 38.4 Å². The second-order valence-corrected chi connectivity index (χ2v) is 6.63. The van der Waals surface area contributed by atoms with Gasteiger partial charge in [0.25, 0.3) is 0 Å². The number of rotatable bonds is 5. The number of nitrogens with one attached hydrogen (secondary N) is 1. The van der Waals surface area contributed by atoms with E-state index in [-0.39, 0.29) is 11.8 Å². The second-order valence-electron chi connectivity index (χ2n) is 4.28. The summed E-state index contributed by atoms with van der Waals surface area (Å²) in [7, 11) is -3.23. The Morgan fingerprint density at radius 2 is 2.12 bits per heavy atom. The highest BCUT2D eigenvalue weighted by atomic mass is 32.2. The first kappa shape index (κ1) is 13.4. The van der Waals surface area contributed by atoms with E-state index in [1.54, 1.807) is 6.92 Å². The van der Waals surface area contributed by atoms with Crippen molar-refractivity contribution in [2.24, 2.45) is 11.7 Å². The van der Waals surface area contributed by atoms with Gasteiger partial charge in [-0.05, 0) is 25.3 Å². The minimum Gasteiger partial charge on any atom is -0.352 e. The summed E-state index contributed by atoms with van der Waals surface area (Å²) in [5.41, 5.74) is 5.58. The maximum atomic E-state index is 11.5. The van der Waals surface area contributed by atoms with Crippen LogP contribution in [0, 0.1) is 5.92 Å². The number of nitrogens with two attached hydrogens (primary N) is 1. The molecule has 1 aliphatic carbocycles. The van der Waals surface area contributed by atoms with Gasteiger partial charge < -0.3 is 11.1 Å². The topological polar surface area (TPSA) is 89.3 Å². The zero-order valence-electron chi connectivity index (χ0n) is 9.61. The lowest BCUT2D eigenvalue weighted by molar-refractivity contribution is -0.119. The molecule has 0 aliphatic heterocycles. The molecule has 0 aromatic rings. The Labute approximate surface area is 96.7 Å². The number of carbonyl (C=O) groups excluding carboxylic acids is 1. The van der Waals surface area contributed by atoms with Crippen molar-refractivity contribution in [3.63, 3.8) is 0 Å². The van der Waals surface area contributed by atoms with Gasteiger partial charge >= 0.3 is 0 Å². The van der Waals surface area contributed by atoms with Crippen molar-refractivity contribution in [1.29, 1.82) is 0 Å². The molecule has 0 heterocycles. The van der Waals surface area contributed by atoms with Crippen LogP contribution < -0.4 is 11.1 Å². The van der Waals surface area contributed by atoms with Crippen LogP contribution in [0.25, 0.3) is 0 Å². The van der Waals surface area contributed by atoms with Crippen LogP contribution in [0.1, 0.15) is 26.2 Å². The zero-order valence-corrected chi connectivity index (χ0v) is 10.4. The fourth-order valence-corrected chi connectivity index (χ4v) is 2.75. The van der Waals surface area contributed by atoms with E-state index in [2.05, 4.69) is 5.32 Å². The first-order valence-corrected chi connectivity index (χ1v) is 7.50. The third-order valence-electron chi connectivity index (χ3n) is 3.10. The Hall–Kier alpha value is -0.620. The van der Waals surface area contributed by atoms with E-state index in [9.17, 15) is 13.2 Å². The van der Waals surface area contributed by atoms with Gasteiger partial charge in [-0.25, -0.2) is 8.42 Å². The lowest BCUT2D eigenvalue weighted by atomic mass is 10.0. The molecule has 1 aliphatic rings. The summed E-state index contributed by atoms with van der Waals surface area (Å²) in [6.45, 7) is 2.09. The molecular formula is C10H20N2O3S. The summed E-state index contributed by atoms with van der Waals surface area (Å²) in [5.74, 6) is -0.497. The fraction of sp³-hybridized carbons (Fsp3) is 0.900. The average Bonchev–Trinajstić information content (AvgIpc) is 2.64. The number of sulfone groups is 1. The Balaban J connectivity index is 2.45. The molecule has 1 amide bonds. The van der Waals surface area contributed by atoms with E-state index in [0.717, 1.165) is 19.3 Å². The molecule has 0 saturated heterocycles. The van der Waals surface area contributed by atoms with Crippen LogP contribution in [-0.2, 0) is 14.6 Å². The van der Waals surface area contributed by atoms with E-state index in [1.165, 1.54) is 0 Å². The highest BCUT2D eigenvalue weighted by Gasteiger charge is 2.28. The lowest BCUT2D eigenvalue weighted by Gasteiger charge is -2.19. The normalized spacial score (nSPS) is 25.6. The molecule has 5 nitrogen and oxygen atoms in total. The predicted molar refractivity (Wildman–Crippen MR) is 62.7 cm³/mol. The standard InChI is InChI=1S/C10H20N2O3S/c1-2-16(14,15)7-10(13)12-9-5-3-4-8(9)6-11/h8-9H,2-7,11H2,1H3,(H,12,13). The Morgan fingerprint density at radius 3 is 2.69 bits per heavy atom. The number of hydrogen-bond acceptors (Lipinski definition) is 4. The lowest BCUT2D eigenvalue weighted by Crippen LogP contribution is -2.42. The number of hydrogen-bond donors (Lipinski definition) is 2. The molecule has 0 spiro atoms. The summed E-state index contributed by atoms with van der Waals surface area (Å²) in [6, 6.07) is 0.0598. The Bertz CT molecular complexity index is 340. The molecule has 6 heteroatoms. The van der Waals surface area contributed by atoms with Gasteiger partial charge in [-0.1, -0.05) is 13.3 Å². The Kier molecular flexibility index (Phi) is 4.73. The molecular weight excluding hydrogens is 228 g/mol. The molecule has 1 fully saturated rings. The maximum absolute atomic E-state index is 11.5. The predicted octanol–water partition coefficient (Wildman–Crippen LogP) is -0.335. The summed E-state index contributed by atoms with van der Waals surface area (Å²) in [5, 5.41) is 2.77. The first-order chi connectivity index (χ1) is 7.48. The molecule has 2 atom stereocenters. The van der Waals surface area contributed by atoms with Crippen LogP contribution in [0.5, 0.6) is 0 Å². The van der Waals surface area contributed by atoms with E-state index in [1.807, 2.05) is 0 Å². The Morgan fingerprint density at radius 1 is 1.44 bits per heavy atom. The molecule has 3 N–H and O–H groups in total. The fourth-order valence-electron chi connectivity index (χ4n) is 2.06. The van der Waals surface area contributed by atoms with Gasteiger partial charge in [-0.3, -0.25) is 4.79 Å². The van der Waals surface area contributed by atoms with E-state index in [4.69, 9.17) is 5.73 Å². The number of carbonyl (C=O) groups is 1. The highest BCUT2D eigenvalue weighted by molar-refractivity contribution is 7.92. The van der Waals surface area contributed by atoms with Gasteiger partial charge in [0.15, 0.2) is 9.84 Å². The maximum Gasteiger partial charge on any atom is 0.235 e. The van der Waals surface area contributed by atoms with Crippen molar-refractivity contribution >= 4 is 15.7 Å². The summed E-state index contributed by atoms with van der Waals surface area (Å²) in [6.07, 6.45) is 2.97. The summed E-state index contributed by atoms with van der Waals surface area (Å²) >= 11 is 0. The van der Waals surface area contributed by atoms with Crippen LogP contribution >= 0.6 is 0 Å². The van der Waals surface area contributed by atoms with Gasteiger partial charge in [0.05, 0.1) is 0 Å². The monoisotopic (exact) mass is 248 g/mol.